The Morgan fingerprint density at radius 1 is 1.59 bits per heavy atom. The molecule has 17 heavy (non-hydrogen) atoms. The lowest BCUT2D eigenvalue weighted by atomic mass is 10.1. The Kier molecular flexibility index (Phi) is 4.62. The van der Waals surface area contributed by atoms with Gasteiger partial charge in [-0.1, -0.05) is 0 Å². The van der Waals surface area contributed by atoms with Gasteiger partial charge in [-0.05, 0) is 6.92 Å². The van der Waals surface area contributed by atoms with Crippen LogP contribution in [-0.4, -0.2) is 17.6 Å². The van der Waals surface area contributed by atoms with Crippen LogP contribution in [0.15, 0.2) is 11.0 Å². The van der Waals surface area contributed by atoms with E-state index < -0.39 is 29.0 Å². The van der Waals surface area contributed by atoms with Crippen molar-refractivity contribution in [2.75, 3.05) is 6.61 Å². The first-order chi connectivity index (χ1) is 8.02. The number of hydrogen-bond acceptors (Lipinski definition) is 3. The van der Waals surface area contributed by atoms with Gasteiger partial charge in [-0.15, -0.1) is 11.6 Å². The fourth-order valence-electron chi connectivity index (χ4n) is 1.29. The molecule has 0 saturated carbocycles. The molecule has 4 nitrogen and oxygen atoms in total. The zero-order valence-electron chi connectivity index (χ0n) is 8.93. The van der Waals surface area contributed by atoms with E-state index in [0.717, 1.165) is 6.20 Å². The van der Waals surface area contributed by atoms with Crippen molar-refractivity contribution >= 4 is 17.6 Å². The van der Waals surface area contributed by atoms with Crippen LogP contribution in [0.2, 0.25) is 0 Å². The fourth-order valence-corrected chi connectivity index (χ4v) is 1.51. The summed E-state index contributed by atoms with van der Waals surface area (Å²) in [5.41, 5.74) is -2.38. The Labute approximate surface area is 101 Å². The number of aromatic amines is 1. The van der Waals surface area contributed by atoms with Gasteiger partial charge < -0.3 is 9.72 Å². The monoisotopic (exact) mass is 265 g/mol. The first-order valence-corrected chi connectivity index (χ1v) is 5.32. The quantitative estimate of drug-likeness (QED) is 0.671. The van der Waals surface area contributed by atoms with E-state index in [9.17, 15) is 18.4 Å². The predicted octanol–water partition coefficient (Wildman–Crippen LogP) is 2.23. The Balaban J connectivity index is 3.33. The summed E-state index contributed by atoms with van der Waals surface area (Å²) < 4.78 is 29.9. The number of ether oxygens (including phenoxy) is 1. The van der Waals surface area contributed by atoms with Crippen molar-refractivity contribution in [2.24, 2.45) is 0 Å². The molecule has 0 aromatic carbocycles. The molecule has 0 fully saturated rings. The lowest BCUT2D eigenvalue weighted by Gasteiger charge is -2.07. The lowest BCUT2D eigenvalue weighted by Crippen LogP contribution is -2.23. The molecule has 1 aromatic rings. The lowest BCUT2D eigenvalue weighted by molar-refractivity contribution is 0.0523. The standard InChI is InChI=1S/C10H10ClF2NO3/c1-2-17-10(16)5-4-14-6(3-11)7(8(5)15)9(12)13/h4,9H,2-3H2,1H3,(H,14,15). The Hall–Kier alpha value is -1.43. The van der Waals surface area contributed by atoms with E-state index >= 15 is 0 Å². The molecule has 94 valence electrons. The van der Waals surface area contributed by atoms with Crippen molar-refractivity contribution in [3.8, 4) is 0 Å². The maximum Gasteiger partial charge on any atom is 0.343 e. The highest BCUT2D eigenvalue weighted by Gasteiger charge is 2.23. The number of pyridine rings is 1. The minimum atomic E-state index is -3.00. The number of aromatic nitrogens is 1. The second-order valence-corrected chi connectivity index (χ2v) is 3.35. The molecule has 1 aromatic heterocycles. The highest BCUT2D eigenvalue weighted by molar-refractivity contribution is 6.17. The summed E-state index contributed by atoms with van der Waals surface area (Å²) >= 11 is 5.42. The molecule has 1 rings (SSSR count). The fraction of sp³-hybridized carbons (Fsp3) is 0.400. The van der Waals surface area contributed by atoms with E-state index in [2.05, 4.69) is 9.72 Å². The van der Waals surface area contributed by atoms with Gasteiger partial charge in [0.05, 0.1) is 18.1 Å². The number of hydrogen-bond donors (Lipinski definition) is 1. The van der Waals surface area contributed by atoms with Crippen molar-refractivity contribution < 1.29 is 18.3 Å². The first-order valence-electron chi connectivity index (χ1n) is 4.78. The summed E-state index contributed by atoms with van der Waals surface area (Å²) in [5, 5.41) is 0. The third-order valence-electron chi connectivity index (χ3n) is 2.05. The van der Waals surface area contributed by atoms with Gasteiger partial charge in [-0.3, -0.25) is 4.79 Å². The van der Waals surface area contributed by atoms with E-state index in [-0.39, 0.29) is 18.2 Å². The van der Waals surface area contributed by atoms with Gasteiger partial charge in [0.1, 0.15) is 5.56 Å². The number of nitrogens with one attached hydrogen (secondary N) is 1. The molecule has 1 heterocycles. The number of carbonyl (C=O) groups is 1. The van der Waals surface area contributed by atoms with Gasteiger partial charge in [-0.25, -0.2) is 13.6 Å². The highest BCUT2D eigenvalue weighted by atomic mass is 35.5. The second kappa shape index (κ2) is 5.77. The van der Waals surface area contributed by atoms with Gasteiger partial charge >= 0.3 is 5.97 Å². The molecule has 0 atom stereocenters. The maximum absolute atomic E-state index is 12.7. The maximum atomic E-state index is 12.7. The zero-order valence-corrected chi connectivity index (χ0v) is 9.68. The van der Waals surface area contributed by atoms with E-state index in [4.69, 9.17) is 11.6 Å². The molecule has 0 aliphatic rings. The van der Waals surface area contributed by atoms with E-state index in [1.807, 2.05) is 0 Å². The van der Waals surface area contributed by atoms with Crippen LogP contribution in [0, 0.1) is 0 Å². The van der Waals surface area contributed by atoms with Crippen molar-refractivity contribution in [3.63, 3.8) is 0 Å². The molecule has 0 amide bonds. The van der Waals surface area contributed by atoms with Crippen LogP contribution in [0.25, 0.3) is 0 Å². The van der Waals surface area contributed by atoms with Crippen molar-refractivity contribution in [1.29, 1.82) is 0 Å². The third kappa shape index (κ3) is 2.82. The summed E-state index contributed by atoms with van der Waals surface area (Å²) in [7, 11) is 0. The SMILES string of the molecule is CCOC(=O)c1c[nH]c(CCl)c(C(F)F)c1=O. The zero-order chi connectivity index (χ0) is 13.0. The molecule has 0 unspecified atom stereocenters. The minimum absolute atomic E-state index is 0.0551. The normalized spacial score (nSPS) is 10.6. The van der Waals surface area contributed by atoms with E-state index in [1.165, 1.54) is 0 Å². The molecule has 0 aliphatic heterocycles. The largest absolute Gasteiger partial charge is 0.462 e. The van der Waals surface area contributed by atoms with E-state index in [0.29, 0.717) is 0 Å². The summed E-state index contributed by atoms with van der Waals surface area (Å²) in [6, 6.07) is 0. The predicted molar refractivity (Wildman–Crippen MR) is 57.5 cm³/mol. The Bertz CT molecular complexity index is 473. The first kappa shape index (κ1) is 13.6. The molecule has 7 heteroatoms. The van der Waals surface area contributed by atoms with Gasteiger partial charge in [0.15, 0.2) is 0 Å². The summed E-state index contributed by atoms with van der Waals surface area (Å²) in [5.74, 6) is -1.20. The van der Waals surface area contributed by atoms with E-state index in [1.54, 1.807) is 6.92 Å². The highest BCUT2D eigenvalue weighted by Crippen LogP contribution is 2.19. The molecule has 0 bridgehead atoms. The van der Waals surface area contributed by atoms with Gasteiger partial charge in [0.2, 0.25) is 5.43 Å². The van der Waals surface area contributed by atoms with Crippen LogP contribution in [0.4, 0.5) is 8.78 Å². The number of alkyl halides is 3. The second-order valence-electron chi connectivity index (χ2n) is 3.08. The summed E-state index contributed by atoms with van der Waals surface area (Å²) in [6.45, 7) is 1.60. The number of esters is 1. The topological polar surface area (TPSA) is 59.2 Å². The summed E-state index contributed by atoms with van der Waals surface area (Å²) in [4.78, 5) is 25.4. The van der Waals surface area contributed by atoms with Crippen LogP contribution < -0.4 is 5.43 Å². The molecule has 1 N–H and O–H groups in total. The van der Waals surface area contributed by atoms with Gasteiger partial charge in [-0.2, -0.15) is 0 Å². The van der Waals surface area contributed by atoms with Crippen molar-refractivity contribution in [1.82, 2.24) is 4.98 Å². The summed E-state index contributed by atoms with van der Waals surface area (Å²) in [6.07, 6.45) is -1.97. The van der Waals surface area contributed by atoms with Crippen molar-refractivity contribution in [3.05, 3.63) is 33.2 Å². The Morgan fingerprint density at radius 3 is 2.71 bits per heavy atom. The Morgan fingerprint density at radius 2 is 2.24 bits per heavy atom. The molecule has 0 spiro atoms. The molecule has 0 aliphatic carbocycles. The molecular weight excluding hydrogens is 256 g/mol. The van der Waals surface area contributed by atoms with Crippen LogP contribution >= 0.6 is 11.6 Å². The van der Waals surface area contributed by atoms with Crippen LogP contribution in [0.1, 0.15) is 35.0 Å². The number of carbonyl (C=O) groups excluding carboxylic acids is 1. The average Bonchev–Trinajstić information content (AvgIpc) is 2.27. The average molecular weight is 266 g/mol. The molecular formula is C10H10ClF2NO3. The number of halogens is 3. The number of H-pyrrole nitrogens is 1. The molecule has 0 radical (unpaired) electrons. The molecule has 0 saturated heterocycles. The number of rotatable bonds is 4. The van der Waals surface area contributed by atoms with Crippen molar-refractivity contribution in [2.45, 2.75) is 19.2 Å². The van der Waals surface area contributed by atoms with Gasteiger partial charge in [0, 0.05) is 11.9 Å². The van der Waals surface area contributed by atoms with Gasteiger partial charge in [0.25, 0.3) is 6.43 Å². The third-order valence-corrected chi connectivity index (χ3v) is 2.32. The van der Waals surface area contributed by atoms with Crippen LogP contribution in [-0.2, 0) is 10.6 Å². The van der Waals surface area contributed by atoms with Crippen LogP contribution in [0.5, 0.6) is 0 Å². The van der Waals surface area contributed by atoms with Crippen LogP contribution in [0.3, 0.4) is 0 Å². The smallest absolute Gasteiger partial charge is 0.343 e. The minimum Gasteiger partial charge on any atom is -0.462 e.